The number of nitrogens with one attached hydrogen (secondary N) is 1. The van der Waals surface area contributed by atoms with Crippen molar-refractivity contribution in [3.63, 3.8) is 0 Å². The number of hydrogen-bond acceptors (Lipinski definition) is 3. The average molecular weight is 191 g/mol. The fourth-order valence-electron chi connectivity index (χ4n) is 1.84. The van der Waals surface area contributed by atoms with E-state index in [1.54, 1.807) is 0 Å². The highest BCUT2D eigenvalue weighted by Gasteiger charge is 2.25. The van der Waals surface area contributed by atoms with Crippen LogP contribution in [-0.4, -0.2) is 17.1 Å². The van der Waals surface area contributed by atoms with Gasteiger partial charge in [-0.15, -0.1) is 0 Å². The number of rotatable bonds is 2. The Morgan fingerprint density at radius 1 is 1.36 bits per heavy atom. The minimum absolute atomic E-state index is 0.395. The standard InChI is InChI=1S/C11H17N3/c1-7-3-4-11(8(2)13-7)14-10-5-9(12)6-10/h3-4,9-10,14H,5-6,12H2,1-2H3. The van der Waals surface area contributed by atoms with E-state index in [1.807, 2.05) is 19.9 Å². The molecule has 0 amide bonds. The third-order valence-corrected chi connectivity index (χ3v) is 2.76. The molecule has 1 heterocycles. The monoisotopic (exact) mass is 191 g/mol. The summed E-state index contributed by atoms with van der Waals surface area (Å²) in [6.07, 6.45) is 2.15. The Morgan fingerprint density at radius 2 is 2.07 bits per heavy atom. The van der Waals surface area contributed by atoms with Crippen molar-refractivity contribution in [1.82, 2.24) is 4.98 Å². The highest BCUT2D eigenvalue weighted by molar-refractivity contribution is 5.48. The minimum atomic E-state index is 0.395. The molecule has 3 N–H and O–H groups in total. The lowest BCUT2D eigenvalue weighted by Crippen LogP contribution is -2.44. The zero-order valence-electron chi connectivity index (χ0n) is 8.75. The summed E-state index contributed by atoms with van der Waals surface area (Å²) in [6.45, 7) is 4.05. The molecule has 2 rings (SSSR count). The number of nitrogens with zero attached hydrogens (tertiary/aromatic N) is 1. The third kappa shape index (κ3) is 1.87. The summed E-state index contributed by atoms with van der Waals surface area (Å²) in [7, 11) is 0. The van der Waals surface area contributed by atoms with Crippen LogP contribution in [0.1, 0.15) is 24.2 Å². The van der Waals surface area contributed by atoms with Gasteiger partial charge in [0.2, 0.25) is 0 Å². The van der Waals surface area contributed by atoms with Crippen molar-refractivity contribution in [3.8, 4) is 0 Å². The minimum Gasteiger partial charge on any atom is -0.381 e. The van der Waals surface area contributed by atoms with Crippen molar-refractivity contribution < 1.29 is 0 Å². The number of aryl methyl sites for hydroxylation is 2. The van der Waals surface area contributed by atoms with Gasteiger partial charge in [0, 0.05) is 17.8 Å². The molecule has 0 aliphatic heterocycles. The van der Waals surface area contributed by atoms with Crippen LogP contribution in [0, 0.1) is 13.8 Å². The molecule has 3 heteroatoms. The quantitative estimate of drug-likeness (QED) is 0.746. The molecular weight excluding hydrogens is 174 g/mol. The zero-order valence-corrected chi connectivity index (χ0v) is 8.75. The van der Waals surface area contributed by atoms with E-state index in [-0.39, 0.29) is 0 Å². The normalized spacial score (nSPS) is 25.6. The van der Waals surface area contributed by atoms with E-state index in [1.165, 1.54) is 0 Å². The maximum Gasteiger partial charge on any atom is 0.0606 e. The molecule has 1 aliphatic rings. The SMILES string of the molecule is Cc1ccc(NC2CC(N)C2)c(C)n1. The van der Waals surface area contributed by atoms with Crippen molar-refractivity contribution in [2.75, 3.05) is 5.32 Å². The summed E-state index contributed by atoms with van der Waals surface area (Å²) < 4.78 is 0. The summed E-state index contributed by atoms with van der Waals surface area (Å²) in [5, 5.41) is 3.46. The van der Waals surface area contributed by atoms with Crippen molar-refractivity contribution in [3.05, 3.63) is 23.5 Å². The third-order valence-electron chi connectivity index (χ3n) is 2.76. The van der Waals surface area contributed by atoms with Gasteiger partial charge in [-0.1, -0.05) is 0 Å². The highest BCUT2D eigenvalue weighted by atomic mass is 15.0. The number of pyridine rings is 1. The molecule has 1 saturated carbocycles. The fraction of sp³-hybridized carbons (Fsp3) is 0.545. The lowest BCUT2D eigenvalue weighted by Gasteiger charge is -2.34. The van der Waals surface area contributed by atoms with Crippen LogP contribution in [0.5, 0.6) is 0 Å². The van der Waals surface area contributed by atoms with Gasteiger partial charge >= 0.3 is 0 Å². The van der Waals surface area contributed by atoms with E-state index in [9.17, 15) is 0 Å². The predicted molar refractivity (Wildman–Crippen MR) is 58.3 cm³/mol. The zero-order chi connectivity index (χ0) is 10.1. The van der Waals surface area contributed by atoms with Gasteiger partial charge in [-0.3, -0.25) is 4.98 Å². The molecule has 0 unspecified atom stereocenters. The molecule has 3 nitrogen and oxygen atoms in total. The van der Waals surface area contributed by atoms with Crippen LogP contribution in [0.3, 0.4) is 0 Å². The number of aromatic nitrogens is 1. The van der Waals surface area contributed by atoms with Crippen LogP contribution >= 0.6 is 0 Å². The first-order valence-electron chi connectivity index (χ1n) is 5.11. The van der Waals surface area contributed by atoms with Crippen LogP contribution in [0.4, 0.5) is 5.69 Å². The van der Waals surface area contributed by atoms with E-state index in [0.717, 1.165) is 29.9 Å². The van der Waals surface area contributed by atoms with Crippen LogP contribution in [0.15, 0.2) is 12.1 Å². The van der Waals surface area contributed by atoms with Gasteiger partial charge in [-0.2, -0.15) is 0 Å². The molecule has 14 heavy (non-hydrogen) atoms. The summed E-state index contributed by atoms with van der Waals surface area (Å²) in [5.41, 5.74) is 9.02. The van der Waals surface area contributed by atoms with Gasteiger partial charge in [-0.05, 0) is 38.8 Å². The number of anilines is 1. The van der Waals surface area contributed by atoms with Crippen molar-refractivity contribution in [2.24, 2.45) is 5.73 Å². The molecule has 1 aromatic rings. The first-order chi connectivity index (χ1) is 6.65. The van der Waals surface area contributed by atoms with Gasteiger partial charge in [0.05, 0.1) is 11.4 Å². The number of hydrogen-bond donors (Lipinski definition) is 2. The Morgan fingerprint density at radius 3 is 2.64 bits per heavy atom. The first-order valence-corrected chi connectivity index (χ1v) is 5.11. The summed E-state index contributed by atoms with van der Waals surface area (Å²) in [6, 6.07) is 5.08. The molecule has 76 valence electrons. The smallest absolute Gasteiger partial charge is 0.0606 e. The van der Waals surface area contributed by atoms with E-state index < -0.39 is 0 Å². The van der Waals surface area contributed by atoms with Crippen LogP contribution in [0.2, 0.25) is 0 Å². The first kappa shape index (κ1) is 9.46. The Balaban J connectivity index is 2.02. The van der Waals surface area contributed by atoms with Crippen LogP contribution in [0.25, 0.3) is 0 Å². The van der Waals surface area contributed by atoms with Gasteiger partial charge in [-0.25, -0.2) is 0 Å². The second-order valence-electron chi connectivity index (χ2n) is 4.16. The molecule has 0 saturated heterocycles. The van der Waals surface area contributed by atoms with Crippen molar-refractivity contribution in [1.29, 1.82) is 0 Å². The molecule has 0 bridgehead atoms. The summed E-state index contributed by atoms with van der Waals surface area (Å²) >= 11 is 0. The molecule has 0 spiro atoms. The fourth-order valence-corrected chi connectivity index (χ4v) is 1.84. The lowest BCUT2D eigenvalue weighted by atomic mass is 9.87. The van der Waals surface area contributed by atoms with E-state index >= 15 is 0 Å². The molecule has 1 fully saturated rings. The maximum atomic E-state index is 5.73. The highest BCUT2D eigenvalue weighted by Crippen LogP contribution is 2.23. The van der Waals surface area contributed by atoms with Crippen LogP contribution < -0.4 is 11.1 Å². The Hall–Kier alpha value is -1.09. The van der Waals surface area contributed by atoms with Crippen LogP contribution in [-0.2, 0) is 0 Å². The second-order valence-corrected chi connectivity index (χ2v) is 4.16. The van der Waals surface area contributed by atoms with Crippen molar-refractivity contribution in [2.45, 2.75) is 38.8 Å². The molecule has 0 atom stereocenters. The number of nitrogens with two attached hydrogens (primary N) is 1. The van der Waals surface area contributed by atoms with Gasteiger partial charge in [0.1, 0.15) is 0 Å². The van der Waals surface area contributed by atoms with Gasteiger partial charge in [0.15, 0.2) is 0 Å². The van der Waals surface area contributed by atoms with E-state index in [4.69, 9.17) is 5.73 Å². The molecule has 0 radical (unpaired) electrons. The molecule has 1 aromatic heterocycles. The van der Waals surface area contributed by atoms with E-state index in [0.29, 0.717) is 12.1 Å². The maximum absolute atomic E-state index is 5.73. The Labute approximate surface area is 84.7 Å². The molecule has 1 aliphatic carbocycles. The predicted octanol–water partition coefficient (Wildman–Crippen LogP) is 1.60. The average Bonchev–Trinajstić information content (AvgIpc) is 2.06. The molecular formula is C11H17N3. The molecule has 0 aromatic carbocycles. The van der Waals surface area contributed by atoms with Gasteiger partial charge < -0.3 is 11.1 Å². The Bertz CT molecular complexity index is 329. The topological polar surface area (TPSA) is 50.9 Å². The largest absolute Gasteiger partial charge is 0.381 e. The lowest BCUT2D eigenvalue weighted by molar-refractivity contribution is 0.373. The van der Waals surface area contributed by atoms with Crippen molar-refractivity contribution >= 4 is 5.69 Å². The van der Waals surface area contributed by atoms with E-state index in [2.05, 4.69) is 16.4 Å². The Kier molecular flexibility index (Phi) is 2.42. The second kappa shape index (κ2) is 3.58. The van der Waals surface area contributed by atoms with Gasteiger partial charge in [0.25, 0.3) is 0 Å². The summed E-state index contributed by atoms with van der Waals surface area (Å²) in [4.78, 5) is 4.41. The summed E-state index contributed by atoms with van der Waals surface area (Å²) in [5.74, 6) is 0.